The SMILES string of the molecule is COc1ccc2cc(C(c3nnnn3C(C)(C)C)N3CCN(c4ccccc4F)CC3)c(=O)[nH]c2c1. The van der Waals surface area contributed by atoms with E-state index in [1.165, 1.54) is 6.07 Å². The van der Waals surface area contributed by atoms with Crippen molar-refractivity contribution in [1.82, 2.24) is 30.1 Å². The molecule has 2 aromatic carbocycles. The van der Waals surface area contributed by atoms with Crippen molar-refractivity contribution in [3.05, 3.63) is 76.1 Å². The molecule has 36 heavy (non-hydrogen) atoms. The van der Waals surface area contributed by atoms with Crippen molar-refractivity contribution in [1.29, 1.82) is 0 Å². The Labute approximate surface area is 208 Å². The van der Waals surface area contributed by atoms with E-state index < -0.39 is 6.04 Å². The third-order valence-corrected chi connectivity index (χ3v) is 6.62. The maximum absolute atomic E-state index is 14.4. The topological polar surface area (TPSA) is 92.2 Å². The second-order valence-corrected chi connectivity index (χ2v) is 10.0. The number of para-hydroxylation sites is 1. The lowest BCUT2D eigenvalue weighted by molar-refractivity contribution is 0.190. The van der Waals surface area contributed by atoms with E-state index in [0.29, 0.717) is 54.5 Å². The van der Waals surface area contributed by atoms with Gasteiger partial charge in [0.2, 0.25) is 0 Å². The standard InChI is InChI=1S/C26H30FN7O2/c1-26(2,3)34-24(29-30-31-34)23(19-15-17-9-10-18(36-4)16-21(17)28-25(19)35)33-13-11-32(12-14-33)22-8-6-5-7-20(22)27/h5-10,15-16,23H,11-14H2,1-4H3,(H,28,35). The summed E-state index contributed by atoms with van der Waals surface area (Å²) in [6.45, 7) is 8.51. The molecule has 2 aromatic heterocycles. The fourth-order valence-electron chi connectivity index (χ4n) is 4.80. The third-order valence-electron chi connectivity index (χ3n) is 6.62. The molecular weight excluding hydrogens is 461 g/mol. The van der Waals surface area contributed by atoms with Gasteiger partial charge in [-0.05, 0) is 66.9 Å². The number of benzene rings is 2. The number of methoxy groups -OCH3 is 1. The first-order chi connectivity index (χ1) is 17.3. The highest BCUT2D eigenvalue weighted by Gasteiger charge is 2.35. The first-order valence-corrected chi connectivity index (χ1v) is 12.0. The number of tetrazole rings is 1. The van der Waals surface area contributed by atoms with Crippen molar-refractivity contribution in [3.8, 4) is 5.75 Å². The van der Waals surface area contributed by atoms with Gasteiger partial charge in [-0.15, -0.1) is 5.10 Å². The number of hydrogen-bond acceptors (Lipinski definition) is 7. The van der Waals surface area contributed by atoms with Crippen LogP contribution in [0.2, 0.25) is 0 Å². The van der Waals surface area contributed by atoms with Crippen molar-refractivity contribution in [2.45, 2.75) is 32.4 Å². The molecule has 0 saturated carbocycles. The largest absolute Gasteiger partial charge is 0.497 e. The highest BCUT2D eigenvalue weighted by atomic mass is 19.1. The van der Waals surface area contributed by atoms with Crippen molar-refractivity contribution in [3.63, 3.8) is 0 Å². The summed E-state index contributed by atoms with van der Waals surface area (Å²) in [4.78, 5) is 20.7. The summed E-state index contributed by atoms with van der Waals surface area (Å²) in [7, 11) is 1.59. The summed E-state index contributed by atoms with van der Waals surface area (Å²) < 4.78 is 21.5. The van der Waals surface area contributed by atoms with E-state index in [1.807, 2.05) is 56.0 Å². The van der Waals surface area contributed by atoms with Gasteiger partial charge in [-0.2, -0.15) is 0 Å². The van der Waals surface area contributed by atoms with E-state index in [9.17, 15) is 9.18 Å². The molecule has 1 aliphatic rings. The second kappa shape index (κ2) is 9.34. The van der Waals surface area contributed by atoms with Crippen LogP contribution in [0.15, 0.2) is 53.3 Å². The molecular formula is C26H30FN7O2. The monoisotopic (exact) mass is 491 g/mol. The molecule has 4 aromatic rings. The summed E-state index contributed by atoms with van der Waals surface area (Å²) in [6.07, 6.45) is 0. The molecule has 1 unspecified atom stereocenters. The van der Waals surface area contributed by atoms with E-state index in [4.69, 9.17) is 4.74 Å². The Balaban J connectivity index is 1.56. The quantitative estimate of drug-likeness (QED) is 0.458. The van der Waals surface area contributed by atoms with Crippen molar-refractivity contribution in [2.75, 3.05) is 38.2 Å². The van der Waals surface area contributed by atoms with Crippen LogP contribution >= 0.6 is 0 Å². The molecule has 0 radical (unpaired) electrons. The number of hydrogen-bond donors (Lipinski definition) is 1. The summed E-state index contributed by atoms with van der Waals surface area (Å²) >= 11 is 0. The van der Waals surface area contributed by atoms with Crippen molar-refractivity contribution >= 4 is 16.6 Å². The van der Waals surface area contributed by atoms with Gasteiger partial charge in [-0.3, -0.25) is 9.69 Å². The Morgan fingerprint density at radius 1 is 1.06 bits per heavy atom. The van der Waals surface area contributed by atoms with Gasteiger partial charge in [0.05, 0.1) is 23.9 Å². The molecule has 0 aliphatic carbocycles. The van der Waals surface area contributed by atoms with Crippen LogP contribution in [-0.2, 0) is 5.54 Å². The van der Waals surface area contributed by atoms with Gasteiger partial charge in [-0.1, -0.05) is 12.1 Å². The fraction of sp³-hybridized carbons (Fsp3) is 0.385. The summed E-state index contributed by atoms with van der Waals surface area (Å²) in [5.41, 5.74) is 1.25. The number of fused-ring (bicyclic) bond motifs is 1. The van der Waals surface area contributed by atoms with Crippen molar-refractivity contribution in [2.24, 2.45) is 0 Å². The van der Waals surface area contributed by atoms with Crippen molar-refractivity contribution < 1.29 is 9.13 Å². The number of pyridine rings is 1. The number of halogens is 1. The number of anilines is 1. The van der Waals surface area contributed by atoms with Crippen LogP contribution < -0.4 is 15.2 Å². The van der Waals surface area contributed by atoms with Crippen LogP contribution in [0.5, 0.6) is 5.75 Å². The molecule has 9 nitrogen and oxygen atoms in total. The first kappa shape index (κ1) is 23.9. The van der Waals surface area contributed by atoms with Crippen LogP contribution in [0.1, 0.15) is 38.2 Å². The molecule has 188 valence electrons. The molecule has 0 bridgehead atoms. The molecule has 0 amide bonds. The lowest BCUT2D eigenvalue weighted by Crippen LogP contribution is -2.49. The molecule has 1 saturated heterocycles. The Hall–Kier alpha value is -3.79. The predicted molar refractivity (Wildman–Crippen MR) is 136 cm³/mol. The second-order valence-electron chi connectivity index (χ2n) is 10.0. The van der Waals surface area contributed by atoms with Gasteiger partial charge in [0, 0.05) is 37.8 Å². The summed E-state index contributed by atoms with van der Waals surface area (Å²) in [5.74, 6) is 1.03. The molecule has 1 aliphatic heterocycles. The molecule has 1 atom stereocenters. The number of aromatic amines is 1. The zero-order valence-corrected chi connectivity index (χ0v) is 20.9. The van der Waals surface area contributed by atoms with Gasteiger partial charge in [-0.25, -0.2) is 9.07 Å². The van der Waals surface area contributed by atoms with E-state index in [-0.39, 0.29) is 16.9 Å². The molecule has 1 fully saturated rings. The maximum Gasteiger partial charge on any atom is 0.253 e. The molecule has 5 rings (SSSR count). The molecule has 0 spiro atoms. The molecule has 1 N–H and O–H groups in total. The number of piperazine rings is 1. The highest BCUT2D eigenvalue weighted by Crippen LogP contribution is 2.31. The predicted octanol–water partition coefficient (Wildman–Crippen LogP) is 3.33. The smallest absolute Gasteiger partial charge is 0.253 e. The van der Waals surface area contributed by atoms with Gasteiger partial charge < -0.3 is 14.6 Å². The van der Waals surface area contributed by atoms with E-state index in [0.717, 1.165) is 5.39 Å². The van der Waals surface area contributed by atoms with Gasteiger partial charge in [0.1, 0.15) is 17.6 Å². The maximum atomic E-state index is 14.4. The highest BCUT2D eigenvalue weighted by molar-refractivity contribution is 5.80. The van der Waals surface area contributed by atoms with Crippen LogP contribution in [0.4, 0.5) is 10.1 Å². The Bertz CT molecular complexity index is 1430. The lowest BCUT2D eigenvalue weighted by atomic mass is 10.0. The number of aromatic nitrogens is 5. The zero-order valence-electron chi connectivity index (χ0n) is 20.9. The molecule has 3 heterocycles. The Kier molecular flexibility index (Phi) is 6.21. The first-order valence-electron chi connectivity index (χ1n) is 12.0. The average Bonchev–Trinajstić information content (AvgIpc) is 3.35. The van der Waals surface area contributed by atoms with E-state index in [1.54, 1.807) is 23.9 Å². The number of rotatable bonds is 5. The van der Waals surface area contributed by atoms with Gasteiger partial charge in [0.25, 0.3) is 5.56 Å². The van der Waals surface area contributed by atoms with E-state index in [2.05, 4.69) is 25.4 Å². The number of H-pyrrole nitrogens is 1. The minimum atomic E-state index is -0.475. The van der Waals surface area contributed by atoms with Crippen LogP contribution in [-0.4, -0.2) is 63.4 Å². The number of ether oxygens (including phenoxy) is 1. The van der Waals surface area contributed by atoms with E-state index >= 15 is 0 Å². The Morgan fingerprint density at radius 3 is 2.50 bits per heavy atom. The summed E-state index contributed by atoms with van der Waals surface area (Å²) in [6, 6.07) is 13.8. The lowest BCUT2D eigenvalue weighted by Gasteiger charge is -2.40. The van der Waals surface area contributed by atoms with Gasteiger partial charge in [0.15, 0.2) is 5.82 Å². The van der Waals surface area contributed by atoms with Gasteiger partial charge >= 0.3 is 0 Å². The average molecular weight is 492 g/mol. The van der Waals surface area contributed by atoms with Crippen LogP contribution in [0, 0.1) is 5.82 Å². The zero-order chi connectivity index (χ0) is 25.4. The summed E-state index contributed by atoms with van der Waals surface area (Å²) in [5, 5.41) is 13.5. The third kappa shape index (κ3) is 4.44. The molecule has 10 heteroatoms. The normalized spacial score (nSPS) is 15.9. The fourth-order valence-corrected chi connectivity index (χ4v) is 4.80. The van der Waals surface area contributed by atoms with Crippen LogP contribution in [0.3, 0.4) is 0 Å². The van der Waals surface area contributed by atoms with Crippen LogP contribution in [0.25, 0.3) is 10.9 Å². The number of nitrogens with one attached hydrogen (secondary N) is 1. The Morgan fingerprint density at radius 2 is 1.81 bits per heavy atom. The minimum absolute atomic E-state index is 0.208. The minimum Gasteiger partial charge on any atom is -0.497 e. The number of nitrogens with zero attached hydrogens (tertiary/aromatic N) is 6.